The molecule has 198 valence electrons. The van der Waals surface area contributed by atoms with Crippen molar-refractivity contribution in [1.29, 1.82) is 0 Å². The summed E-state index contributed by atoms with van der Waals surface area (Å²) in [5.74, 6) is -0.222. The highest BCUT2D eigenvalue weighted by atomic mass is 19.1. The zero-order valence-electron chi connectivity index (χ0n) is 21.4. The summed E-state index contributed by atoms with van der Waals surface area (Å²) in [6.07, 6.45) is 0.394. The summed E-state index contributed by atoms with van der Waals surface area (Å²) in [4.78, 5) is 43.6. The van der Waals surface area contributed by atoms with E-state index in [9.17, 15) is 23.9 Å². The van der Waals surface area contributed by atoms with Crippen LogP contribution >= 0.6 is 0 Å². The highest BCUT2D eigenvalue weighted by molar-refractivity contribution is 5.91. The topological polar surface area (TPSA) is 96.4 Å². The van der Waals surface area contributed by atoms with Gasteiger partial charge in [-0.15, -0.1) is 0 Å². The quantitative estimate of drug-likeness (QED) is 0.596. The molecule has 2 aromatic rings. The van der Waals surface area contributed by atoms with Crippen LogP contribution in [0.15, 0.2) is 48.5 Å². The van der Waals surface area contributed by atoms with E-state index in [1.165, 1.54) is 17.1 Å². The first kappa shape index (κ1) is 26.4. The van der Waals surface area contributed by atoms with E-state index in [1.807, 2.05) is 0 Å². The Morgan fingerprint density at radius 3 is 2.38 bits per heavy atom. The molecule has 0 aliphatic carbocycles. The average molecular weight is 512 g/mol. The molecular formula is C27H34FN5O4. The van der Waals surface area contributed by atoms with Crippen molar-refractivity contribution in [3.8, 4) is 5.75 Å². The van der Waals surface area contributed by atoms with Gasteiger partial charge in [0.25, 0.3) is 0 Å². The molecule has 2 aliphatic rings. The number of hydrogen-bond donors (Lipinski definition) is 2. The number of likely N-dealkylation sites (N-methyl/N-ethyl adjacent to an activating group) is 1. The Morgan fingerprint density at radius 1 is 1.08 bits per heavy atom. The van der Waals surface area contributed by atoms with E-state index in [0.717, 1.165) is 17.5 Å². The van der Waals surface area contributed by atoms with Gasteiger partial charge in [-0.2, -0.15) is 0 Å². The van der Waals surface area contributed by atoms with Crippen molar-refractivity contribution in [2.75, 3.05) is 26.7 Å². The molecule has 2 fully saturated rings. The zero-order valence-corrected chi connectivity index (χ0v) is 21.4. The largest absolute Gasteiger partial charge is 0.508 e. The Kier molecular flexibility index (Phi) is 7.97. The van der Waals surface area contributed by atoms with Gasteiger partial charge in [0.1, 0.15) is 23.8 Å². The molecule has 4 amide bonds. The van der Waals surface area contributed by atoms with Crippen molar-refractivity contribution in [2.24, 2.45) is 5.92 Å². The molecule has 2 aliphatic heterocycles. The number of hydrazine groups is 1. The fraction of sp³-hybridized carbons (Fsp3) is 0.444. The van der Waals surface area contributed by atoms with Gasteiger partial charge in [0.2, 0.25) is 11.8 Å². The van der Waals surface area contributed by atoms with Crippen molar-refractivity contribution < 1.29 is 23.9 Å². The molecule has 2 aromatic carbocycles. The third-order valence-electron chi connectivity index (χ3n) is 6.85. The predicted molar refractivity (Wildman–Crippen MR) is 135 cm³/mol. The van der Waals surface area contributed by atoms with Crippen LogP contribution in [0.5, 0.6) is 5.75 Å². The van der Waals surface area contributed by atoms with Crippen molar-refractivity contribution >= 4 is 17.8 Å². The van der Waals surface area contributed by atoms with E-state index in [1.54, 1.807) is 58.3 Å². The number of piperazine rings is 1. The number of carbonyl (C=O) groups excluding carboxylic acids is 3. The number of amides is 4. The standard InChI is InChI=1S/C27H34FN5O4/c1-18(2)12-13-31-16-24-32(23(26(31)36)14-19-6-10-22(34)11-7-19)25(35)17-30(3)33(24)27(37)29-15-20-4-8-21(28)9-5-20/h4-11,18,23-24,34H,12-17H2,1-3H3,(H,29,37)/t23-,24-/m0/s1. The molecule has 0 unspecified atom stereocenters. The van der Waals surface area contributed by atoms with Crippen LogP contribution in [0.2, 0.25) is 0 Å². The Bertz CT molecular complexity index is 1120. The minimum absolute atomic E-state index is 0.0498. The van der Waals surface area contributed by atoms with E-state index in [4.69, 9.17) is 0 Å². The molecule has 0 bridgehead atoms. The number of phenols is 1. The summed E-state index contributed by atoms with van der Waals surface area (Å²) in [5, 5.41) is 15.6. The van der Waals surface area contributed by atoms with Gasteiger partial charge in [-0.1, -0.05) is 38.1 Å². The monoisotopic (exact) mass is 511 g/mol. The fourth-order valence-electron chi connectivity index (χ4n) is 4.84. The first-order chi connectivity index (χ1) is 17.6. The maximum Gasteiger partial charge on any atom is 0.334 e. The minimum Gasteiger partial charge on any atom is -0.508 e. The molecule has 37 heavy (non-hydrogen) atoms. The van der Waals surface area contributed by atoms with Crippen molar-refractivity contribution in [3.05, 3.63) is 65.5 Å². The molecule has 0 saturated carbocycles. The number of fused-ring (bicyclic) bond motifs is 1. The van der Waals surface area contributed by atoms with E-state index in [0.29, 0.717) is 12.5 Å². The molecule has 2 heterocycles. The van der Waals surface area contributed by atoms with Gasteiger partial charge in [0.05, 0.1) is 13.1 Å². The second-order valence-corrected chi connectivity index (χ2v) is 10.1. The highest BCUT2D eigenvalue weighted by Gasteiger charge is 2.50. The number of benzene rings is 2. The summed E-state index contributed by atoms with van der Waals surface area (Å²) < 4.78 is 13.3. The normalized spacial score (nSPS) is 20.4. The van der Waals surface area contributed by atoms with Crippen LogP contribution in [0.1, 0.15) is 31.4 Å². The van der Waals surface area contributed by atoms with Crippen molar-refractivity contribution in [3.63, 3.8) is 0 Å². The minimum atomic E-state index is -0.774. The van der Waals surface area contributed by atoms with E-state index < -0.39 is 18.2 Å². The molecule has 2 N–H and O–H groups in total. The summed E-state index contributed by atoms with van der Waals surface area (Å²) in [7, 11) is 1.68. The van der Waals surface area contributed by atoms with Crippen molar-refractivity contribution in [2.45, 2.75) is 45.4 Å². The van der Waals surface area contributed by atoms with Crippen LogP contribution in [-0.4, -0.2) is 81.7 Å². The van der Waals surface area contributed by atoms with E-state index in [2.05, 4.69) is 19.2 Å². The second kappa shape index (κ2) is 11.2. The van der Waals surface area contributed by atoms with Crippen LogP contribution in [0.4, 0.5) is 9.18 Å². The van der Waals surface area contributed by atoms with E-state index in [-0.39, 0.29) is 49.4 Å². The number of nitrogens with one attached hydrogen (secondary N) is 1. The predicted octanol–water partition coefficient (Wildman–Crippen LogP) is 2.56. The lowest BCUT2D eigenvalue weighted by Crippen LogP contribution is -2.76. The molecule has 0 spiro atoms. The Balaban J connectivity index is 1.60. The van der Waals surface area contributed by atoms with Gasteiger partial charge in [0, 0.05) is 26.6 Å². The molecule has 10 heteroatoms. The van der Waals surface area contributed by atoms with Crippen LogP contribution in [0.25, 0.3) is 0 Å². The van der Waals surface area contributed by atoms with Gasteiger partial charge in [-0.25, -0.2) is 19.2 Å². The number of aromatic hydroxyl groups is 1. The molecule has 2 atom stereocenters. The molecule has 0 aromatic heterocycles. The summed E-state index contributed by atoms with van der Waals surface area (Å²) in [6, 6.07) is 11.3. The lowest BCUT2D eigenvalue weighted by Gasteiger charge is -2.54. The molecule has 4 rings (SSSR count). The summed E-state index contributed by atoms with van der Waals surface area (Å²) in [5.41, 5.74) is 1.55. The first-order valence-corrected chi connectivity index (χ1v) is 12.5. The van der Waals surface area contributed by atoms with Crippen LogP contribution in [-0.2, 0) is 22.6 Å². The molecular weight excluding hydrogens is 477 g/mol. The number of rotatable bonds is 7. The van der Waals surface area contributed by atoms with Gasteiger partial charge >= 0.3 is 6.03 Å². The molecule has 2 saturated heterocycles. The third kappa shape index (κ3) is 6.02. The highest BCUT2D eigenvalue weighted by Crippen LogP contribution is 2.28. The SMILES string of the molecule is CC(C)CCN1C[C@H]2N(C(=O)CN(C)N2C(=O)NCc2ccc(F)cc2)[C@@H](Cc2ccc(O)cc2)C1=O. The molecule has 9 nitrogen and oxygen atoms in total. The maximum absolute atomic E-state index is 13.6. The van der Waals surface area contributed by atoms with Gasteiger partial charge in [0.15, 0.2) is 0 Å². The molecule has 0 radical (unpaired) electrons. The van der Waals surface area contributed by atoms with Crippen LogP contribution in [0.3, 0.4) is 0 Å². The zero-order chi connectivity index (χ0) is 26.7. The van der Waals surface area contributed by atoms with Crippen LogP contribution in [0, 0.1) is 11.7 Å². The fourth-order valence-corrected chi connectivity index (χ4v) is 4.84. The van der Waals surface area contributed by atoms with Gasteiger partial charge < -0.3 is 20.2 Å². The Morgan fingerprint density at radius 2 is 1.73 bits per heavy atom. The first-order valence-electron chi connectivity index (χ1n) is 12.5. The summed E-state index contributed by atoms with van der Waals surface area (Å²) >= 11 is 0. The lowest BCUT2D eigenvalue weighted by atomic mass is 9.98. The second-order valence-electron chi connectivity index (χ2n) is 10.1. The third-order valence-corrected chi connectivity index (χ3v) is 6.85. The Hall–Kier alpha value is -3.66. The lowest BCUT2D eigenvalue weighted by molar-refractivity contribution is -0.187. The average Bonchev–Trinajstić information content (AvgIpc) is 2.85. The number of urea groups is 1. The summed E-state index contributed by atoms with van der Waals surface area (Å²) in [6.45, 7) is 5.04. The maximum atomic E-state index is 13.6. The van der Waals surface area contributed by atoms with Crippen LogP contribution < -0.4 is 5.32 Å². The number of phenolic OH excluding ortho intramolecular Hbond substituents is 1. The number of hydrogen-bond acceptors (Lipinski definition) is 5. The number of carbonyl (C=O) groups is 3. The smallest absolute Gasteiger partial charge is 0.334 e. The Labute approximate surface area is 216 Å². The number of halogens is 1. The van der Waals surface area contributed by atoms with Gasteiger partial charge in [-0.3, -0.25) is 9.59 Å². The van der Waals surface area contributed by atoms with Gasteiger partial charge in [-0.05, 0) is 47.7 Å². The van der Waals surface area contributed by atoms with Crippen molar-refractivity contribution in [1.82, 2.24) is 25.1 Å². The van der Waals surface area contributed by atoms with E-state index >= 15 is 0 Å². The number of nitrogens with zero attached hydrogens (tertiary/aromatic N) is 4.